The SMILES string of the molecule is Cc1ccc2c(C(=O)O)nc(-c3ccncc3)n2c1. The van der Waals surface area contributed by atoms with Crippen molar-refractivity contribution in [3.63, 3.8) is 0 Å². The lowest BCUT2D eigenvalue weighted by Crippen LogP contribution is -1.97. The summed E-state index contributed by atoms with van der Waals surface area (Å²) in [5, 5.41) is 9.22. The van der Waals surface area contributed by atoms with E-state index in [1.54, 1.807) is 22.9 Å². The van der Waals surface area contributed by atoms with Crippen molar-refractivity contribution in [1.29, 1.82) is 0 Å². The molecule has 5 heteroatoms. The van der Waals surface area contributed by atoms with Crippen LogP contribution in [0, 0.1) is 6.92 Å². The van der Waals surface area contributed by atoms with Gasteiger partial charge in [-0.25, -0.2) is 9.78 Å². The molecule has 0 aliphatic carbocycles. The van der Waals surface area contributed by atoms with E-state index < -0.39 is 5.97 Å². The highest BCUT2D eigenvalue weighted by atomic mass is 16.4. The first kappa shape index (κ1) is 11.4. The molecule has 0 saturated heterocycles. The normalized spacial score (nSPS) is 10.8. The maximum absolute atomic E-state index is 11.3. The molecule has 0 atom stereocenters. The molecule has 3 aromatic rings. The molecule has 19 heavy (non-hydrogen) atoms. The molecular formula is C14H11N3O2. The zero-order valence-corrected chi connectivity index (χ0v) is 10.2. The standard InChI is InChI=1S/C14H11N3O2/c1-9-2-3-11-12(14(18)19)16-13(17(11)8-9)10-4-6-15-7-5-10/h2-8H,1H3,(H,18,19). The molecule has 0 aliphatic rings. The Hall–Kier alpha value is -2.69. The van der Waals surface area contributed by atoms with E-state index in [-0.39, 0.29) is 5.69 Å². The Balaban J connectivity index is 2.36. The molecule has 0 saturated carbocycles. The molecule has 3 heterocycles. The van der Waals surface area contributed by atoms with E-state index in [0.29, 0.717) is 11.3 Å². The van der Waals surface area contributed by atoms with Gasteiger partial charge in [0, 0.05) is 24.2 Å². The number of fused-ring (bicyclic) bond motifs is 1. The van der Waals surface area contributed by atoms with Crippen LogP contribution in [0.1, 0.15) is 16.1 Å². The molecule has 0 aliphatic heterocycles. The Morgan fingerprint density at radius 3 is 2.63 bits per heavy atom. The molecule has 0 aromatic carbocycles. The van der Waals surface area contributed by atoms with E-state index in [9.17, 15) is 9.90 Å². The number of carboxylic acids is 1. The molecule has 0 fully saturated rings. The molecule has 3 aromatic heterocycles. The van der Waals surface area contributed by atoms with Crippen LogP contribution in [0.5, 0.6) is 0 Å². The van der Waals surface area contributed by atoms with Crippen molar-refractivity contribution < 1.29 is 9.90 Å². The topological polar surface area (TPSA) is 67.5 Å². The highest BCUT2D eigenvalue weighted by Gasteiger charge is 2.17. The third-order valence-corrected chi connectivity index (χ3v) is 2.93. The van der Waals surface area contributed by atoms with Gasteiger partial charge in [0.15, 0.2) is 5.69 Å². The van der Waals surface area contributed by atoms with Crippen molar-refractivity contribution in [2.24, 2.45) is 0 Å². The predicted octanol–water partition coefficient (Wildman–Crippen LogP) is 2.40. The van der Waals surface area contributed by atoms with Crippen molar-refractivity contribution in [1.82, 2.24) is 14.4 Å². The van der Waals surface area contributed by atoms with Crippen molar-refractivity contribution in [2.45, 2.75) is 6.92 Å². The van der Waals surface area contributed by atoms with E-state index in [2.05, 4.69) is 9.97 Å². The predicted molar refractivity (Wildman–Crippen MR) is 70.1 cm³/mol. The fourth-order valence-electron chi connectivity index (χ4n) is 2.05. The van der Waals surface area contributed by atoms with Gasteiger partial charge >= 0.3 is 5.97 Å². The summed E-state index contributed by atoms with van der Waals surface area (Å²) >= 11 is 0. The number of aromatic carboxylic acids is 1. The fraction of sp³-hybridized carbons (Fsp3) is 0.0714. The van der Waals surface area contributed by atoms with Crippen molar-refractivity contribution in [2.75, 3.05) is 0 Å². The molecular weight excluding hydrogens is 242 g/mol. The van der Waals surface area contributed by atoms with Gasteiger partial charge in [-0.05, 0) is 30.7 Å². The molecule has 5 nitrogen and oxygen atoms in total. The fourth-order valence-corrected chi connectivity index (χ4v) is 2.05. The van der Waals surface area contributed by atoms with Crippen molar-refractivity contribution >= 4 is 11.5 Å². The van der Waals surface area contributed by atoms with E-state index >= 15 is 0 Å². The smallest absolute Gasteiger partial charge is 0.356 e. The van der Waals surface area contributed by atoms with Crippen molar-refractivity contribution in [3.05, 3.63) is 54.1 Å². The van der Waals surface area contributed by atoms with Gasteiger partial charge in [0.1, 0.15) is 5.82 Å². The number of rotatable bonds is 2. The van der Waals surface area contributed by atoms with E-state index in [0.717, 1.165) is 11.1 Å². The molecule has 0 bridgehead atoms. The summed E-state index contributed by atoms with van der Waals surface area (Å²) in [6.07, 6.45) is 5.20. The molecule has 94 valence electrons. The lowest BCUT2D eigenvalue weighted by atomic mass is 10.2. The van der Waals surface area contributed by atoms with Crippen LogP contribution in [0.2, 0.25) is 0 Å². The lowest BCUT2D eigenvalue weighted by Gasteiger charge is -2.01. The molecule has 0 spiro atoms. The Morgan fingerprint density at radius 1 is 1.21 bits per heavy atom. The second-order valence-electron chi connectivity index (χ2n) is 4.29. The average Bonchev–Trinajstić information content (AvgIpc) is 2.78. The molecule has 0 unspecified atom stereocenters. The maximum Gasteiger partial charge on any atom is 0.356 e. The van der Waals surface area contributed by atoms with E-state index in [1.807, 2.05) is 31.3 Å². The first-order valence-electron chi connectivity index (χ1n) is 5.79. The number of hydrogen-bond donors (Lipinski definition) is 1. The third-order valence-electron chi connectivity index (χ3n) is 2.93. The molecule has 3 rings (SSSR count). The first-order chi connectivity index (χ1) is 9.16. The quantitative estimate of drug-likeness (QED) is 0.761. The summed E-state index contributed by atoms with van der Waals surface area (Å²) in [6.45, 7) is 1.95. The van der Waals surface area contributed by atoms with E-state index in [1.165, 1.54) is 0 Å². The van der Waals surface area contributed by atoms with Gasteiger partial charge in [-0.3, -0.25) is 9.38 Å². The zero-order valence-electron chi connectivity index (χ0n) is 10.2. The average molecular weight is 253 g/mol. The number of nitrogens with zero attached hydrogens (tertiary/aromatic N) is 3. The largest absolute Gasteiger partial charge is 0.476 e. The summed E-state index contributed by atoms with van der Waals surface area (Å²) in [5.74, 6) is -0.417. The van der Waals surface area contributed by atoms with Crippen LogP contribution in [0.15, 0.2) is 42.9 Å². The maximum atomic E-state index is 11.3. The summed E-state index contributed by atoms with van der Waals surface area (Å²) < 4.78 is 1.80. The Labute approximate surface area is 109 Å². The number of imidazole rings is 1. The summed E-state index contributed by atoms with van der Waals surface area (Å²) in [4.78, 5) is 19.4. The van der Waals surface area contributed by atoms with Crippen LogP contribution in [-0.2, 0) is 0 Å². The van der Waals surface area contributed by atoms with Gasteiger partial charge in [-0.1, -0.05) is 6.07 Å². The second kappa shape index (κ2) is 4.20. The minimum absolute atomic E-state index is 0.0619. The third kappa shape index (κ3) is 1.85. The number of aromatic nitrogens is 3. The first-order valence-corrected chi connectivity index (χ1v) is 5.79. The van der Waals surface area contributed by atoms with Crippen LogP contribution in [-0.4, -0.2) is 25.4 Å². The Morgan fingerprint density at radius 2 is 1.95 bits per heavy atom. The van der Waals surface area contributed by atoms with Gasteiger partial charge in [-0.2, -0.15) is 0 Å². The van der Waals surface area contributed by atoms with Gasteiger partial charge in [0.2, 0.25) is 0 Å². The number of carboxylic acid groups (broad SMARTS) is 1. The monoisotopic (exact) mass is 253 g/mol. The minimum atomic E-state index is -1.03. The van der Waals surface area contributed by atoms with Gasteiger partial charge in [-0.15, -0.1) is 0 Å². The number of pyridine rings is 2. The van der Waals surface area contributed by atoms with Gasteiger partial charge in [0.25, 0.3) is 0 Å². The number of aryl methyl sites for hydroxylation is 1. The van der Waals surface area contributed by atoms with Crippen LogP contribution in [0.4, 0.5) is 0 Å². The number of carbonyl (C=O) groups is 1. The summed E-state index contributed by atoms with van der Waals surface area (Å²) in [5.41, 5.74) is 2.52. The van der Waals surface area contributed by atoms with Crippen molar-refractivity contribution in [3.8, 4) is 11.4 Å². The Bertz CT molecular complexity index is 763. The second-order valence-corrected chi connectivity index (χ2v) is 4.29. The molecule has 0 amide bonds. The van der Waals surface area contributed by atoms with Crippen LogP contribution < -0.4 is 0 Å². The minimum Gasteiger partial charge on any atom is -0.476 e. The zero-order chi connectivity index (χ0) is 13.4. The highest BCUT2D eigenvalue weighted by Crippen LogP contribution is 2.22. The van der Waals surface area contributed by atoms with Crippen LogP contribution in [0.3, 0.4) is 0 Å². The van der Waals surface area contributed by atoms with Gasteiger partial charge < -0.3 is 5.11 Å². The van der Waals surface area contributed by atoms with E-state index in [4.69, 9.17) is 0 Å². The van der Waals surface area contributed by atoms with Crippen LogP contribution >= 0.6 is 0 Å². The molecule has 1 N–H and O–H groups in total. The van der Waals surface area contributed by atoms with Crippen LogP contribution in [0.25, 0.3) is 16.9 Å². The van der Waals surface area contributed by atoms with Gasteiger partial charge in [0.05, 0.1) is 5.52 Å². The number of hydrogen-bond acceptors (Lipinski definition) is 3. The molecule has 0 radical (unpaired) electrons. The summed E-state index contributed by atoms with van der Waals surface area (Å²) in [7, 11) is 0. The lowest BCUT2D eigenvalue weighted by molar-refractivity contribution is 0.0693. The Kier molecular flexibility index (Phi) is 2.52. The highest BCUT2D eigenvalue weighted by molar-refractivity contribution is 5.95. The summed E-state index contributed by atoms with van der Waals surface area (Å²) in [6, 6.07) is 7.27.